The number of aliphatic imine (C=N–C) groups is 1. The van der Waals surface area contributed by atoms with E-state index in [4.69, 9.17) is 0 Å². The summed E-state index contributed by atoms with van der Waals surface area (Å²) in [4.78, 5) is 18.9. The highest BCUT2D eigenvalue weighted by molar-refractivity contribution is 5.86. The Morgan fingerprint density at radius 2 is 1.89 bits per heavy atom. The van der Waals surface area contributed by atoms with Crippen LogP contribution in [-0.2, 0) is 11.3 Å². The molecule has 0 bridgehead atoms. The van der Waals surface area contributed by atoms with Gasteiger partial charge < -0.3 is 15.5 Å². The molecule has 2 N–H and O–H groups in total. The summed E-state index contributed by atoms with van der Waals surface area (Å²) in [5.41, 5.74) is 1.29. The van der Waals surface area contributed by atoms with Crippen LogP contribution in [0.3, 0.4) is 0 Å². The molecule has 0 aromatic heterocycles. The van der Waals surface area contributed by atoms with E-state index in [0.717, 1.165) is 39.5 Å². The van der Waals surface area contributed by atoms with Gasteiger partial charge in [-0.25, -0.2) is 0 Å². The molecule has 6 nitrogen and oxygen atoms in total. The minimum atomic E-state index is -4.40. The van der Waals surface area contributed by atoms with Crippen molar-refractivity contribution in [1.82, 2.24) is 20.4 Å². The summed E-state index contributed by atoms with van der Waals surface area (Å²) in [7, 11) is 2.71. The number of piperidine rings is 1. The second kappa shape index (κ2) is 10.3. The normalized spacial score (nSPS) is 16.7. The highest BCUT2D eigenvalue weighted by Gasteiger charge is 2.31. The van der Waals surface area contributed by atoms with Crippen molar-refractivity contribution < 1.29 is 18.0 Å². The largest absolute Gasteiger partial charge is 0.406 e. The van der Waals surface area contributed by atoms with Crippen molar-refractivity contribution in [1.29, 1.82) is 0 Å². The molecular formula is C19H28F3N5O. The molecule has 0 radical (unpaired) electrons. The van der Waals surface area contributed by atoms with Gasteiger partial charge in [-0.05, 0) is 18.4 Å². The molecule has 1 heterocycles. The number of amides is 1. The van der Waals surface area contributed by atoms with Gasteiger partial charge in [0.2, 0.25) is 5.91 Å². The number of hydrogen-bond donors (Lipinski definition) is 2. The fourth-order valence-electron chi connectivity index (χ4n) is 3.12. The summed E-state index contributed by atoms with van der Waals surface area (Å²) < 4.78 is 37.1. The molecule has 1 aromatic rings. The van der Waals surface area contributed by atoms with Crippen LogP contribution in [0.2, 0.25) is 0 Å². The Morgan fingerprint density at radius 3 is 2.46 bits per heavy atom. The van der Waals surface area contributed by atoms with Gasteiger partial charge in [-0.3, -0.25) is 14.7 Å². The molecule has 156 valence electrons. The van der Waals surface area contributed by atoms with Crippen molar-refractivity contribution in [3.8, 4) is 0 Å². The number of carbonyl (C=O) groups is 1. The highest BCUT2D eigenvalue weighted by atomic mass is 19.4. The zero-order valence-electron chi connectivity index (χ0n) is 16.3. The molecule has 0 spiro atoms. The van der Waals surface area contributed by atoms with Crippen LogP contribution in [0, 0.1) is 0 Å². The van der Waals surface area contributed by atoms with Gasteiger partial charge in [0, 0.05) is 39.8 Å². The Bertz CT molecular complexity index is 643. The lowest BCUT2D eigenvalue weighted by molar-refractivity contribution is -0.157. The van der Waals surface area contributed by atoms with Crippen molar-refractivity contribution in [2.75, 3.05) is 40.3 Å². The molecule has 1 amide bonds. The number of halogens is 3. The number of nitrogens with one attached hydrogen (secondary N) is 2. The number of carbonyl (C=O) groups excluding carboxylic acids is 1. The molecule has 0 unspecified atom stereocenters. The zero-order valence-corrected chi connectivity index (χ0v) is 16.3. The fraction of sp³-hybridized carbons (Fsp3) is 0.579. The summed E-state index contributed by atoms with van der Waals surface area (Å²) in [6, 6.07) is 10.5. The third kappa shape index (κ3) is 7.75. The molecule has 2 rings (SSSR count). The first kappa shape index (κ1) is 22.0. The maximum Gasteiger partial charge on any atom is 0.406 e. The van der Waals surface area contributed by atoms with E-state index in [1.807, 2.05) is 18.2 Å². The lowest BCUT2D eigenvalue weighted by Gasteiger charge is -2.33. The van der Waals surface area contributed by atoms with Gasteiger partial charge in [0.15, 0.2) is 5.96 Å². The third-order valence-corrected chi connectivity index (χ3v) is 4.65. The summed E-state index contributed by atoms with van der Waals surface area (Å²) in [5.74, 6) is -0.215. The predicted octanol–water partition coefficient (Wildman–Crippen LogP) is 1.84. The molecule has 1 aliphatic rings. The molecule has 1 aliphatic heterocycles. The van der Waals surface area contributed by atoms with Gasteiger partial charge in [0.1, 0.15) is 6.54 Å². The van der Waals surface area contributed by atoms with E-state index >= 15 is 0 Å². The number of alkyl halides is 3. The van der Waals surface area contributed by atoms with Crippen LogP contribution in [0.4, 0.5) is 13.2 Å². The number of rotatable bonds is 6. The van der Waals surface area contributed by atoms with E-state index in [9.17, 15) is 18.0 Å². The van der Waals surface area contributed by atoms with Crippen molar-refractivity contribution in [2.45, 2.75) is 31.6 Å². The maximum absolute atomic E-state index is 12.4. The van der Waals surface area contributed by atoms with Crippen LogP contribution in [0.15, 0.2) is 35.3 Å². The van der Waals surface area contributed by atoms with Gasteiger partial charge in [-0.15, -0.1) is 0 Å². The first-order chi connectivity index (χ1) is 13.3. The van der Waals surface area contributed by atoms with E-state index in [2.05, 4.69) is 32.7 Å². The third-order valence-electron chi connectivity index (χ3n) is 4.65. The molecule has 0 saturated carbocycles. The molecule has 0 atom stereocenters. The van der Waals surface area contributed by atoms with Crippen molar-refractivity contribution in [3.05, 3.63) is 35.9 Å². The second-order valence-corrected chi connectivity index (χ2v) is 6.97. The summed E-state index contributed by atoms with van der Waals surface area (Å²) in [6.07, 6.45) is -2.55. The number of guanidine groups is 1. The topological polar surface area (TPSA) is 60.0 Å². The van der Waals surface area contributed by atoms with Gasteiger partial charge >= 0.3 is 6.18 Å². The summed E-state index contributed by atoms with van der Waals surface area (Å²) >= 11 is 0. The molecule has 1 saturated heterocycles. The average molecular weight is 399 g/mol. The second-order valence-electron chi connectivity index (χ2n) is 6.97. The van der Waals surface area contributed by atoms with E-state index in [1.165, 1.54) is 5.56 Å². The number of likely N-dealkylation sites (tertiary alicyclic amines) is 1. The summed E-state index contributed by atoms with van der Waals surface area (Å²) in [5, 5.41) is 6.05. The van der Waals surface area contributed by atoms with Gasteiger partial charge in [0.05, 0.1) is 6.54 Å². The lowest BCUT2D eigenvalue weighted by Crippen LogP contribution is -2.50. The fourth-order valence-corrected chi connectivity index (χ4v) is 3.12. The van der Waals surface area contributed by atoms with Crippen molar-refractivity contribution in [2.24, 2.45) is 4.99 Å². The molecule has 0 aliphatic carbocycles. The Hall–Kier alpha value is -2.29. The highest BCUT2D eigenvalue weighted by Crippen LogP contribution is 2.15. The average Bonchev–Trinajstić information content (AvgIpc) is 2.65. The zero-order chi connectivity index (χ0) is 20.6. The van der Waals surface area contributed by atoms with Crippen LogP contribution in [0.5, 0.6) is 0 Å². The van der Waals surface area contributed by atoms with E-state index in [0.29, 0.717) is 10.9 Å². The van der Waals surface area contributed by atoms with Crippen LogP contribution in [0.1, 0.15) is 18.4 Å². The molecular weight excluding hydrogens is 371 g/mol. The quantitative estimate of drug-likeness (QED) is 0.566. The van der Waals surface area contributed by atoms with E-state index in [-0.39, 0.29) is 12.6 Å². The lowest BCUT2D eigenvalue weighted by atomic mass is 10.0. The van der Waals surface area contributed by atoms with Gasteiger partial charge in [0.25, 0.3) is 0 Å². The Morgan fingerprint density at radius 1 is 1.25 bits per heavy atom. The van der Waals surface area contributed by atoms with Crippen molar-refractivity contribution >= 4 is 11.9 Å². The monoisotopic (exact) mass is 399 g/mol. The predicted molar refractivity (Wildman–Crippen MR) is 103 cm³/mol. The standard InChI is InChI=1S/C19H28F3N5O/c1-23-18(24-12-17(28)26(2)14-19(20,21)22)25-16-8-10-27(11-9-16)13-15-6-4-3-5-7-15/h3-7,16H,8-14H2,1-2H3,(H2,23,24,25). The van der Waals surface area contributed by atoms with Gasteiger partial charge in [-0.2, -0.15) is 13.2 Å². The van der Waals surface area contributed by atoms with Crippen LogP contribution < -0.4 is 10.6 Å². The minimum Gasteiger partial charge on any atom is -0.354 e. The number of hydrogen-bond acceptors (Lipinski definition) is 3. The SMILES string of the molecule is CN=C(NCC(=O)N(C)CC(F)(F)F)NC1CCN(Cc2ccccc2)CC1. The summed E-state index contributed by atoms with van der Waals surface area (Å²) in [6.45, 7) is 1.30. The molecule has 28 heavy (non-hydrogen) atoms. The molecule has 9 heteroatoms. The number of nitrogens with zero attached hydrogens (tertiary/aromatic N) is 3. The first-order valence-corrected chi connectivity index (χ1v) is 9.31. The maximum atomic E-state index is 12.4. The smallest absolute Gasteiger partial charge is 0.354 e. The molecule has 1 fully saturated rings. The Labute approximate surface area is 163 Å². The number of benzene rings is 1. The van der Waals surface area contributed by atoms with Crippen LogP contribution >= 0.6 is 0 Å². The Kier molecular flexibility index (Phi) is 8.10. The van der Waals surface area contributed by atoms with Crippen LogP contribution in [-0.4, -0.2) is 74.2 Å². The van der Waals surface area contributed by atoms with Crippen molar-refractivity contribution in [3.63, 3.8) is 0 Å². The first-order valence-electron chi connectivity index (χ1n) is 9.31. The van der Waals surface area contributed by atoms with Gasteiger partial charge in [-0.1, -0.05) is 30.3 Å². The van der Waals surface area contributed by atoms with E-state index < -0.39 is 18.6 Å². The molecule has 1 aromatic carbocycles. The van der Waals surface area contributed by atoms with E-state index in [1.54, 1.807) is 7.05 Å². The Balaban J connectivity index is 1.71. The number of likely N-dealkylation sites (N-methyl/N-ethyl adjacent to an activating group) is 1. The minimum absolute atomic E-state index is 0.209. The van der Waals surface area contributed by atoms with Crippen LogP contribution in [0.25, 0.3) is 0 Å².